The van der Waals surface area contributed by atoms with Gasteiger partial charge in [-0.05, 0) is 43.7 Å². The summed E-state index contributed by atoms with van der Waals surface area (Å²) in [6.07, 6.45) is 5.85. The summed E-state index contributed by atoms with van der Waals surface area (Å²) in [5.41, 5.74) is -0.879. The molecular weight excluding hydrogens is 318 g/mol. The third kappa shape index (κ3) is 4.92. The number of rotatable bonds is 5. The summed E-state index contributed by atoms with van der Waals surface area (Å²) in [4.78, 5) is 20.7. The van der Waals surface area contributed by atoms with E-state index < -0.39 is 5.60 Å². The van der Waals surface area contributed by atoms with Crippen molar-refractivity contribution in [2.45, 2.75) is 37.7 Å². The molecule has 2 aliphatic heterocycles. The monoisotopic (exact) mass is 347 g/mol. The van der Waals surface area contributed by atoms with Crippen LogP contribution < -0.4 is 4.90 Å². The van der Waals surface area contributed by atoms with Gasteiger partial charge in [-0.15, -0.1) is 0 Å². The molecule has 0 bridgehead atoms. The Morgan fingerprint density at radius 1 is 1.44 bits per heavy atom. The first-order chi connectivity index (χ1) is 12.1. The van der Waals surface area contributed by atoms with E-state index >= 15 is 0 Å². The van der Waals surface area contributed by atoms with E-state index in [1.807, 2.05) is 18.2 Å². The second-order valence-corrected chi connectivity index (χ2v) is 7.45. The number of hydrogen-bond acceptors (Lipinski definition) is 5. The normalized spacial score (nSPS) is 25.0. The number of β-amino-alcohol motifs (C(OH)–C–C–N with tert-alkyl or cyclic N) is 1. The lowest BCUT2D eigenvalue weighted by molar-refractivity contribution is -0.135. The molecule has 1 atom stereocenters. The molecule has 25 heavy (non-hydrogen) atoms. The van der Waals surface area contributed by atoms with Gasteiger partial charge in [-0.2, -0.15) is 0 Å². The highest BCUT2D eigenvalue weighted by Crippen LogP contribution is 2.26. The lowest BCUT2D eigenvalue weighted by atomic mass is 9.91. The first-order valence-corrected chi connectivity index (χ1v) is 9.26. The van der Waals surface area contributed by atoms with E-state index in [4.69, 9.17) is 4.74 Å². The van der Waals surface area contributed by atoms with E-state index in [0.29, 0.717) is 31.8 Å². The number of carbonyl (C=O) groups is 1. The van der Waals surface area contributed by atoms with Crippen molar-refractivity contribution in [3.63, 3.8) is 0 Å². The van der Waals surface area contributed by atoms with Crippen LogP contribution in [0.1, 0.15) is 32.1 Å². The number of ether oxygens (including phenoxy) is 1. The molecule has 0 unspecified atom stereocenters. The van der Waals surface area contributed by atoms with Crippen molar-refractivity contribution in [2.24, 2.45) is 5.92 Å². The van der Waals surface area contributed by atoms with E-state index in [2.05, 4.69) is 9.88 Å². The molecule has 0 saturated carbocycles. The third-order valence-corrected chi connectivity index (χ3v) is 5.29. The number of aromatic nitrogens is 1. The Morgan fingerprint density at radius 3 is 2.96 bits per heavy atom. The first-order valence-electron chi connectivity index (χ1n) is 9.26. The van der Waals surface area contributed by atoms with Gasteiger partial charge < -0.3 is 19.6 Å². The summed E-state index contributed by atoms with van der Waals surface area (Å²) < 4.78 is 5.36. The van der Waals surface area contributed by atoms with Crippen molar-refractivity contribution in [1.29, 1.82) is 0 Å². The van der Waals surface area contributed by atoms with Gasteiger partial charge in [0.05, 0.1) is 12.1 Å². The van der Waals surface area contributed by atoms with Gasteiger partial charge in [-0.1, -0.05) is 6.07 Å². The van der Waals surface area contributed by atoms with Gasteiger partial charge in [0.25, 0.3) is 0 Å². The number of carbonyl (C=O) groups excluding carboxylic acids is 1. The van der Waals surface area contributed by atoms with Crippen molar-refractivity contribution < 1.29 is 14.6 Å². The highest BCUT2D eigenvalue weighted by Gasteiger charge is 2.36. The third-order valence-electron chi connectivity index (χ3n) is 5.29. The van der Waals surface area contributed by atoms with Crippen LogP contribution in [-0.4, -0.2) is 66.4 Å². The Labute approximate surface area is 149 Å². The number of piperidine rings is 1. The average molecular weight is 347 g/mol. The second kappa shape index (κ2) is 8.15. The molecule has 3 rings (SSSR count). The lowest BCUT2D eigenvalue weighted by Gasteiger charge is -2.41. The minimum atomic E-state index is -0.879. The van der Waals surface area contributed by atoms with Gasteiger partial charge in [-0.25, -0.2) is 4.98 Å². The van der Waals surface area contributed by atoms with Crippen molar-refractivity contribution in [3.05, 3.63) is 24.4 Å². The smallest absolute Gasteiger partial charge is 0.222 e. The van der Waals surface area contributed by atoms with Crippen LogP contribution in [0.25, 0.3) is 0 Å². The van der Waals surface area contributed by atoms with Gasteiger partial charge >= 0.3 is 0 Å². The Morgan fingerprint density at radius 2 is 2.24 bits per heavy atom. The van der Waals surface area contributed by atoms with E-state index in [-0.39, 0.29) is 5.91 Å². The molecule has 0 radical (unpaired) electrons. The number of nitrogens with zero attached hydrogens (tertiary/aromatic N) is 3. The van der Waals surface area contributed by atoms with Crippen LogP contribution in [0.4, 0.5) is 5.82 Å². The van der Waals surface area contributed by atoms with E-state index in [9.17, 15) is 9.90 Å². The Kier molecular flexibility index (Phi) is 5.91. The largest absolute Gasteiger partial charge is 0.386 e. The predicted octanol–water partition coefficient (Wildman–Crippen LogP) is 1.69. The molecule has 2 aliphatic rings. The second-order valence-electron chi connectivity index (χ2n) is 7.45. The number of amides is 1. The molecule has 6 heteroatoms. The summed E-state index contributed by atoms with van der Waals surface area (Å²) in [6.45, 7) is 3.28. The maximum Gasteiger partial charge on any atom is 0.222 e. The highest BCUT2D eigenvalue weighted by atomic mass is 16.5. The molecule has 0 aliphatic carbocycles. The molecule has 1 N–H and O–H groups in total. The number of pyridine rings is 1. The average Bonchev–Trinajstić information content (AvgIpc) is 2.63. The summed E-state index contributed by atoms with van der Waals surface area (Å²) in [5, 5.41) is 11.0. The zero-order valence-corrected chi connectivity index (χ0v) is 15.1. The molecule has 2 saturated heterocycles. The molecule has 1 aromatic heterocycles. The molecule has 138 valence electrons. The number of hydrogen-bond donors (Lipinski definition) is 1. The summed E-state index contributed by atoms with van der Waals surface area (Å²) in [7, 11) is 1.80. The van der Waals surface area contributed by atoms with Crippen LogP contribution in [0.5, 0.6) is 0 Å². The van der Waals surface area contributed by atoms with Gasteiger partial charge in [0, 0.05) is 46.0 Å². The molecule has 1 aromatic rings. The minimum absolute atomic E-state index is 0.121. The van der Waals surface area contributed by atoms with Gasteiger partial charge in [0.1, 0.15) is 5.82 Å². The number of likely N-dealkylation sites (N-methyl/N-ethyl adjacent to an activating group) is 1. The van der Waals surface area contributed by atoms with Crippen LogP contribution in [0, 0.1) is 5.92 Å². The zero-order chi connectivity index (χ0) is 17.7. The van der Waals surface area contributed by atoms with E-state index in [0.717, 1.165) is 44.8 Å². The van der Waals surface area contributed by atoms with Gasteiger partial charge in [0.2, 0.25) is 5.91 Å². The fourth-order valence-corrected chi connectivity index (χ4v) is 3.86. The topological polar surface area (TPSA) is 65.9 Å². The van der Waals surface area contributed by atoms with E-state index in [1.54, 1.807) is 18.1 Å². The Hall–Kier alpha value is -1.66. The van der Waals surface area contributed by atoms with Crippen molar-refractivity contribution in [1.82, 2.24) is 9.88 Å². The standard InChI is InChI=1S/C19H29N3O3/c1-21(18(23)13-16-6-11-25-12-7-16)14-19(24)8-4-10-22(15-19)17-5-2-3-9-20-17/h2-3,5,9,16,24H,4,6-8,10-15H2,1H3/t19-/m1/s1. The Bertz CT molecular complexity index is 562. The molecule has 0 spiro atoms. The maximum absolute atomic E-state index is 12.5. The van der Waals surface area contributed by atoms with Crippen molar-refractivity contribution in [3.8, 4) is 0 Å². The fourth-order valence-electron chi connectivity index (χ4n) is 3.86. The summed E-state index contributed by atoms with van der Waals surface area (Å²) in [6, 6.07) is 5.81. The fraction of sp³-hybridized carbons (Fsp3) is 0.684. The van der Waals surface area contributed by atoms with Crippen LogP contribution in [0.3, 0.4) is 0 Å². The predicted molar refractivity (Wildman–Crippen MR) is 96.4 cm³/mol. The minimum Gasteiger partial charge on any atom is -0.386 e. The summed E-state index contributed by atoms with van der Waals surface area (Å²) >= 11 is 0. The van der Waals surface area contributed by atoms with Gasteiger partial charge in [0.15, 0.2) is 0 Å². The van der Waals surface area contributed by atoms with Crippen LogP contribution in [-0.2, 0) is 9.53 Å². The molecular formula is C19H29N3O3. The highest BCUT2D eigenvalue weighted by molar-refractivity contribution is 5.76. The molecule has 2 fully saturated rings. The van der Waals surface area contributed by atoms with Crippen LogP contribution in [0.15, 0.2) is 24.4 Å². The van der Waals surface area contributed by atoms with Crippen LogP contribution >= 0.6 is 0 Å². The number of anilines is 1. The number of aliphatic hydroxyl groups is 1. The van der Waals surface area contributed by atoms with Crippen LogP contribution in [0.2, 0.25) is 0 Å². The lowest BCUT2D eigenvalue weighted by Crippen LogP contribution is -2.55. The maximum atomic E-state index is 12.5. The van der Waals surface area contributed by atoms with E-state index in [1.165, 1.54) is 0 Å². The summed E-state index contributed by atoms with van der Waals surface area (Å²) in [5.74, 6) is 1.42. The molecule has 3 heterocycles. The van der Waals surface area contributed by atoms with Crippen molar-refractivity contribution >= 4 is 11.7 Å². The van der Waals surface area contributed by atoms with Crippen molar-refractivity contribution in [2.75, 3.05) is 44.8 Å². The zero-order valence-electron chi connectivity index (χ0n) is 15.1. The first kappa shape index (κ1) is 18.1. The molecule has 0 aromatic carbocycles. The Balaban J connectivity index is 1.55. The quantitative estimate of drug-likeness (QED) is 0.878. The SMILES string of the molecule is CN(C[C@]1(O)CCCN(c2ccccn2)C1)C(=O)CC1CCOCC1. The molecule has 6 nitrogen and oxygen atoms in total. The molecule has 1 amide bonds. The van der Waals surface area contributed by atoms with Gasteiger partial charge in [-0.3, -0.25) is 4.79 Å².